The maximum Gasteiger partial charge on any atom is 0.163 e. The molecule has 0 saturated carbocycles. The Bertz CT molecular complexity index is 761. The Hall–Kier alpha value is -2.37. The second-order valence-corrected chi connectivity index (χ2v) is 5.02. The smallest absolute Gasteiger partial charge is 0.163 e. The Morgan fingerprint density at radius 1 is 1.14 bits per heavy atom. The molecule has 6 heteroatoms. The van der Waals surface area contributed by atoms with Crippen LogP contribution in [0.1, 0.15) is 25.2 Å². The number of nitrogens with zero attached hydrogens (tertiary/aromatic N) is 6. The van der Waals surface area contributed by atoms with Gasteiger partial charge in [0.05, 0.1) is 29.6 Å². The van der Waals surface area contributed by atoms with Crippen molar-refractivity contribution >= 4 is 0 Å². The lowest BCUT2D eigenvalue weighted by atomic mass is 10.3. The van der Waals surface area contributed by atoms with E-state index in [0.29, 0.717) is 0 Å². The minimum Gasteiger partial charge on any atom is -0.328 e. The van der Waals surface area contributed by atoms with Crippen molar-refractivity contribution in [3.8, 4) is 17.2 Å². The highest BCUT2D eigenvalue weighted by Gasteiger charge is 2.18. The first-order valence-corrected chi connectivity index (χ1v) is 7.25. The van der Waals surface area contributed by atoms with E-state index in [1.165, 1.54) is 0 Å². The largest absolute Gasteiger partial charge is 0.328 e. The molecule has 0 atom stereocenters. The molecule has 3 rings (SSSR count). The molecule has 0 spiro atoms. The molecule has 0 bridgehead atoms. The van der Waals surface area contributed by atoms with Crippen molar-refractivity contribution in [2.75, 3.05) is 0 Å². The molecule has 0 radical (unpaired) electrons. The van der Waals surface area contributed by atoms with Crippen LogP contribution in [0.25, 0.3) is 17.2 Å². The van der Waals surface area contributed by atoms with Crippen molar-refractivity contribution in [2.45, 2.75) is 40.8 Å². The summed E-state index contributed by atoms with van der Waals surface area (Å²) < 4.78 is 6.21. The molecule has 0 aromatic carbocycles. The molecule has 21 heavy (non-hydrogen) atoms. The Kier molecular flexibility index (Phi) is 3.37. The topological polar surface area (TPSA) is 53.5 Å². The minimum atomic E-state index is 0.865. The number of aryl methyl sites for hydroxylation is 3. The van der Waals surface area contributed by atoms with Gasteiger partial charge in [-0.3, -0.25) is 9.25 Å². The highest BCUT2D eigenvalue weighted by atomic mass is 15.3. The molecule has 0 aliphatic rings. The number of aromatic nitrogens is 6. The van der Waals surface area contributed by atoms with Crippen molar-refractivity contribution in [1.82, 2.24) is 28.9 Å². The summed E-state index contributed by atoms with van der Waals surface area (Å²) in [7, 11) is 0. The first kappa shape index (κ1) is 13.6. The fourth-order valence-corrected chi connectivity index (χ4v) is 2.78. The molecule has 6 nitrogen and oxygen atoms in total. The van der Waals surface area contributed by atoms with Gasteiger partial charge in [-0.05, 0) is 27.7 Å². The minimum absolute atomic E-state index is 0.865. The summed E-state index contributed by atoms with van der Waals surface area (Å²) in [5.74, 6) is 0.899. The van der Waals surface area contributed by atoms with E-state index in [4.69, 9.17) is 0 Å². The molecule has 0 unspecified atom stereocenters. The van der Waals surface area contributed by atoms with E-state index >= 15 is 0 Å². The van der Waals surface area contributed by atoms with E-state index in [2.05, 4.69) is 45.0 Å². The van der Waals surface area contributed by atoms with E-state index in [1.54, 1.807) is 0 Å². The lowest BCUT2D eigenvalue weighted by Crippen LogP contribution is -2.04. The zero-order valence-corrected chi connectivity index (χ0v) is 12.9. The van der Waals surface area contributed by atoms with Gasteiger partial charge in [0.25, 0.3) is 0 Å². The standard InChI is InChI=1S/C15H20N6/c1-5-19-10-16-9-13(19)15-17-7-8-20(15)14-11(3)18-21(6-2)12(14)4/h7-10H,5-6H2,1-4H3. The van der Waals surface area contributed by atoms with Gasteiger partial charge in [-0.15, -0.1) is 0 Å². The summed E-state index contributed by atoms with van der Waals surface area (Å²) in [6, 6.07) is 0. The number of hydrogen-bond acceptors (Lipinski definition) is 3. The molecule has 0 fully saturated rings. The van der Waals surface area contributed by atoms with Gasteiger partial charge >= 0.3 is 0 Å². The van der Waals surface area contributed by atoms with Crippen LogP contribution in [-0.2, 0) is 13.1 Å². The lowest BCUT2D eigenvalue weighted by molar-refractivity contribution is 0.634. The van der Waals surface area contributed by atoms with Crippen LogP contribution < -0.4 is 0 Å². The van der Waals surface area contributed by atoms with Gasteiger partial charge in [0.15, 0.2) is 5.82 Å². The van der Waals surface area contributed by atoms with E-state index in [1.807, 2.05) is 36.5 Å². The predicted octanol–water partition coefficient (Wildman–Crippen LogP) is 2.59. The normalized spacial score (nSPS) is 11.2. The molecule has 3 aromatic heterocycles. The van der Waals surface area contributed by atoms with E-state index in [0.717, 1.165) is 41.7 Å². The van der Waals surface area contributed by atoms with Crippen LogP contribution in [0.2, 0.25) is 0 Å². The second-order valence-electron chi connectivity index (χ2n) is 5.02. The average molecular weight is 284 g/mol. The van der Waals surface area contributed by atoms with Gasteiger partial charge in [-0.1, -0.05) is 0 Å². The molecule has 3 heterocycles. The first-order valence-electron chi connectivity index (χ1n) is 7.25. The number of rotatable bonds is 4. The van der Waals surface area contributed by atoms with E-state index in [9.17, 15) is 0 Å². The van der Waals surface area contributed by atoms with Gasteiger partial charge in [-0.25, -0.2) is 9.97 Å². The summed E-state index contributed by atoms with van der Waals surface area (Å²) in [5, 5.41) is 4.60. The highest BCUT2D eigenvalue weighted by molar-refractivity contribution is 5.56. The van der Waals surface area contributed by atoms with Crippen LogP contribution in [-0.4, -0.2) is 28.9 Å². The monoisotopic (exact) mass is 284 g/mol. The van der Waals surface area contributed by atoms with Gasteiger partial charge in [0, 0.05) is 25.5 Å². The molecule has 0 aliphatic carbocycles. The Morgan fingerprint density at radius 3 is 2.62 bits per heavy atom. The molecular weight excluding hydrogens is 264 g/mol. The van der Waals surface area contributed by atoms with Crippen LogP contribution in [0, 0.1) is 13.8 Å². The van der Waals surface area contributed by atoms with Crippen molar-refractivity contribution in [3.05, 3.63) is 36.3 Å². The van der Waals surface area contributed by atoms with E-state index in [-0.39, 0.29) is 0 Å². The Morgan fingerprint density at radius 2 is 1.95 bits per heavy atom. The van der Waals surface area contributed by atoms with Crippen LogP contribution in [0.4, 0.5) is 0 Å². The van der Waals surface area contributed by atoms with Gasteiger partial charge in [-0.2, -0.15) is 5.10 Å². The van der Waals surface area contributed by atoms with Crippen molar-refractivity contribution in [3.63, 3.8) is 0 Å². The number of imidazole rings is 2. The molecular formula is C15H20N6. The third kappa shape index (κ3) is 2.07. The van der Waals surface area contributed by atoms with Gasteiger partial charge in [0.2, 0.25) is 0 Å². The third-order valence-corrected chi connectivity index (χ3v) is 3.81. The summed E-state index contributed by atoms with van der Waals surface area (Å²) >= 11 is 0. The quantitative estimate of drug-likeness (QED) is 0.740. The average Bonchev–Trinajstić information content (AvgIpc) is 3.16. The summed E-state index contributed by atoms with van der Waals surface area (Å²) in [6.07, 6.45) is 7.50. The predicted molar refractivity (Wildman–Crippen MR) is 81.4 cm³/mol. The summed E-state index contributed by atoms with van der Waals surface area (Å²) in [6.45, 7) is 10.1. The zero-order chi connectivity index (χ0) is 15.0. The van der Waals surface area contributed by atoms with Crippen molar-refractivity contribution in [2.24, 2.45) is 0 Å². The zero-order valence-electron chi connectivity index (χ0n) is 12.9. The summed E-state index contributed by atoms with van der Waals surface area (Å²) in [4.78, 5) is 8.76. The fourth-order valence-electron chi connectivity index (χ4n) is 2.78. The third-order valence-electron chi connectivity index (χ3n) is 3.81. The SMILES string of the molecule is CCn1cncc1-c1nccn1-c1c(C)nn(CC)c1C. The van der Waals surface area contributed by atoms with E-state index < -0.39 is 0 Å². The lowest BCUT2D eigenvalue weighted by Gasteiger charge is -2.10. The number of hydrogen-bond donors (Lipinski definition) is 0. The molecule has 0 saturated heterocycles. The Balaban J connectivity index is 2.18. The first-order chi connectivity index (χ1) is 10.2. The van der Waals surface area contributed by atoms with Crippen LogP contribution >= 0.6 is 0 Å². The van der Waals surface area contributed by atoms with Crippen molar-refractivity contribution in [1.29, 1.82) is 0 Å². The molecule has 110 valence electrons. The maximum absolute atomic E-state index is 4.60. The second kappa shape index (κ2) is 5.20. The van der Waals surface area contributed by atoms with Crippen LogP contribution in [0.15, 0.2) is 24.9 Å². The summed E-state index contributed by atoms with van der Waals surface area (Å²) in [5.41, 5.74) is 4.28. The van der Waals surface area contributed by atoms with Gasteiger partial charge < -0.3 is 4.57 Å². The maximum atomic E-state index is 4.60. The van der Waals surface area contributed by atoms with Gasteiger partial charge in [0.1, 0.15) is 5.69 Å². The fraction of sp³-hybridized carbons (Fsp3) is 0.400. The van der Waals surface area contributed by atoms with Crippen LogP contribution in [0.3, 0.4) is 0 Å². The van der Waals surface area contributed by atoms with Crippen molar-refractivity contribution < 1.29 is 0 Å². The molecule has 0 amide bonds. The molecule has 0 aliphatic heterocycles. The highest BCUT2D eigenvalue weighted by Crippen LogP contribution is 2.25. The Labute approximate surface area is 124 Å². The van der Waals surface area contributed by atoms with Crippen LogP contribution in [0.5, 0.6) is 0 Å². The molecule has 3 aromatic rings. The molecule has 0 N–H and O–H groups in total.